The number of aromatic nitrogens is 4. The number of benzene rings is 1. The maximum absolute atomic E-state index is 13.2. The minimum atomic E-state index is -0.273. The predicted molar refractivity (Wildman–Crippen MR) is 120 cm³/mol. The van der Waals surface area contributed by atoms with Crippen molar-refractivity contribution < 1.29 is 4.79 Å². The van der Waals surface area contributed by atoms with Crippen molar-refractivity contribution in [1.29, 1.82) is 0 Å². The molecule has 1 aromatic carbocycles. The molecule has 4 aromatic rings. The van der Waals surface area contributed by atoms with Crippen LogP contribution in [-0.4, -0.2) is 31.2 Å². The Morgan fingerprint density at radius 3 is 2.73 bits per heavy atom. The third kappa shape index (κ3) is 4.10. The highest BCUT2D eigenvalue weighted by Crippen LogP contribution is 2.23. The minimum absolute atomic E-state index is 0.0540. The maximum Gasteiger partial charge on any atom is 0.283 e. The second-order valence-electron chi connectivity index (χ2n) is 6.76. The highest BCUT2D eigenvalue weighted by atomic mass is 35.5. The Labute approximate surface area is 181 Å². The number of pyridine rings is 1. The van der Waals surface area contributed by atoms with E-state index in [0.717, 1.165) is 11.3 Å². The number of halogens is 1. The van der Waals surface area contributed by atoms with Gasteiger partial charge in [-0.15, -0.1) is 0 Å². The van der Waals surface area contributed by atoms with Gasteiger partial charge in [-0.05, 0) is 44.2 Å². The summed E-state index contributed by atoms with van der Waals surface area (Å²) in [4.78, 5) is 37.3. The van der Waals surface area contributed by atoms with Crippen LogP contribution in [0.15, 0.2) is 58.6 Å². The summed E-state index contributed by atoms with van der Waals surface area (Å²) < 4.78 is 1.52. The Balaban J connectivity index is 1.68. The number of amides is 1. The van der Waals surface area contributed by atoms with Gasteiger partial charge >= 0.3 is 0 Å². The van der Waals surface area contributed by atoms with Gasteiger partial charge in [-0.2, -0.15) is 0 Å². The molecular weight excluding hydrogens is 422 g/mol. The fourth-order valence-electron chi connectivity index (χ4n) is 2.99. The van der Waals surface area contributed by atoms with Crippen LogP contribution in [0.25, 0.3) is 16.7 Å². The van der Waals surface area contributed by atoms with E-state index in [-0.39, 0.29) is 22.4 Å². The van der Waals surface area contributed by atoms with Gasteiger partial charge in [0.15, 0.2) is 10.3 Å². The van der Waals surface area contributed by atoms with Crippen molar-refractivity contribution in [3.63, 3.8) is 0 Å². The fourth-order valence-corrected chi connectivity index (χ4v) is 3.97. The van der Waals surface area contributed by atoms with Crippen LogP contribution in [0.3, 0.4) is 0 Å². The monoisotopic (exact) mass is 439 g/mol. The van der Waals surface area contributed by atoms with Crippen molar-refractivity contribution >= 4 is 46.0 Å². The first-order valence-electron chi connectivity index (χ1n) is 9.15. The summed E-state index contributed by atoms with van der Waals surface area (Å²) in [5, 5.41) is 3.38. The number of H-pyrrole nitrogens is 1. The summed E-state index contributed by atoms with van der Waals surface area (Å²) in [5.74, 6) is -0.219. The average molecular weight is 440 g/mol. The third-order valence-corrected chi connectivity index (χ3v) is 5.65. The second kappa shape index (κ2) is 8.33. The third-order valence-electron chi connectivity index (χ3n) is 4.41. The number of carbonyl (C=O) groups excluding carboxylic acids is 1. The molecule has 0 atom stereocenters. The minimum Gasteiger partial charge on any atom is -0.353 e. The van der Waals surface area contributed by atoms with Gasteiger partial charge in [-0.25, -0.2) is 9.97 Å². The summed E-state index contributed by atoms with van der Waals surface area (Å²) >= 11 is 7.18. The molecule has 1 amide bonds. The predicted octanol–water partition coefficient (Wildman–Crippen LogP) is 4.11. The lowest BCUT2D eigenvalue weighted by Crippen LogP contribution is -2.23. The van der Waals surface area contributed by atoms with E-state index in [2.05, 4.69) is 20.3 Å². The number of aryl methyl sites for hydroxylation is 2. The molecule has 0 spiro atoms. The molecule has 0 saturated carbocycles. The van der Waals surface area contributed by atoms with Crippen molar-refractivity contribution in [2.45, 2.75) is 19.0 Å². The van der Waals surface area contributed by atoms with Gasteiger partial charge in [0.05, 0.1) is 22.6 Å². The fraction of sp³-hybridized carbons (Fsp3) is 0.143. The van der Waals surface area contributed by atoms with E-state index in [1.807, 2.05) is 44.2 Å². The van der Waals surface area contributed by atoms with E-state index in [1.165, 1.54) is 16.3 Å². The Hall–Kier alpha value is -3.10. The summed E-state index contributed by atoms with van der Waals surface area (Å²) in [5.41, 5.74) is 3.84. The first-order chi connectivity index (χ1) is 14.4. The van der Waals surface area contributed by atoms with Crippen LogP contribution >= 0.6 is 23.4 Å². The number of fused-ring (bicyclic) bond motifs is 1. The van der Waals surface area contributed by atoms with E-state index in [0.29, 0.717) is 27.6 Å². The van der Waals surface area contributed by atoms with Crippen molar-refractivity contribution in [2.24, 2.45) is 0 Å². The molecule has 152 valence electrons. The van der Waals surface area contributed by atoms with Crippen LogP contribution in [-0.2, 0) is 4.79 Å². The Bertz CT molecular complexity index is 1300. The van der Waals surface area contributed by atoms with Gasteiger partial charge in [-0.1, -0.05) is 41.1 Å². The van der Waals surface area contributed by atoms with Crippen LogP contribution in [0.5, 0.6) is 0 Å². The molecule has 0 bridgehead atoms. The molecule has 3 heterocycles. The van der Waals surface area contributed by atoms with Crippen LogP contribution in [0, 0.1) is 13.8 Å². The Morgan fingerprint density at radius 2 is 2.00 bits per heavy atom. The zero-order chi connectivity index (χ0) is 21.3. The van der Waals surface area contributed by atoms with E-state index >= 15 is 0 Å². The summed E-state index contributed by atoms with van der Waals surface area (Å²) in [6.45, 7) is 3.85. The number of carbonyl (C=O) groups is 1. The molecule has 0 saturated heterocycles. The molecule has 0 fully saturated rings. The SMILES string of the molecule is Cc1ccc(-n2c(SCC(=O)Nc3cccnc3Cl)nc3cc(C)[nH]c3c2=O)cc1. The molecule has 0 unspecified atom stereocenters. The smallest absolute Gasteiger partial charge is 0.283 e. The molecule has 30 heavy (non-hydrogen) atoms. The molecule has 2 N–H and O–H groups in total. The number of nitrogens with zero attached hydrogens (tertiary/aromatic N) is 3. The number of nitrogens with one attached hydrogen (secondary N) is 2. The molecule has 4 rings (SSSR count). The van der Waals surface area contributed by atoms with Gasteiger partial charge in [-0.3, -0.25) is 14.2 Å². The highest BCUT2D eigenvalue weighted by molar-refractivity contribution is 7.99. The lowest BCUT2D eigenvalue weighted by atomic mass is 10.2. The van der Waals surface area contributed by atoms with Crippen molar-refractivity contribution in [3.05, 3.63) is 75.4 Å². The zero-order valence-electron chi connectivity index (χ0n) is 16.3. The van der Waals surface area contributed by atoms with E-state index in [4.69, 9.17) is 11.6 Å². The quantitative estimate of drug-likeness (QED) is 0.277. The normalized spacial score (nSPS) is 11.0. The summed E-state index contributed by atoms with van der Waals surface area (Å²) in [7, 11) is 0. The first-order valence-corrected chi connectivity index (χ1v) is 10.5. The van der Waals surface area contributed by atoms with Crippen LogP contribution in [0.4, 0.5) is 5.69 Å². The van der Waals surface area contributed by atoms with Crippen molar-refractivity contribution in [3.8, 4) is 5.69 Å². The van der Waals surface area contributed by atoms with E-state index in [9.17, 15) is 9.59 Å². The number of anilines is 1. The lowest BCUT2D eigenvalue weighted by molar-refractivity contribution is -0.113. The second-order valence-corrected chi connectivity index (χ2v) is 8.06. The Morgan fingerprint density at radius 1 is 1.23 bits per heavy atom. The standard InChI is InChI=1S/C21H18ClN5O2S/c1-12-5-7-14(8-6-12)27-20(29)18-16(10-13(2)24-18)26-21(27)30-11-17(28)25-15-4-3-9-23-19(15)22/h3-10,24H,11H2,1-2H3,(H,25,28). The molecule has 7 nitrogen and oxygen atoms in total. The summed E-state index contributed by atoms with van der Waals surface area (Å²) in [6.07, 6.45) is 1.55. The van der Waals surface area contributed by atoms with Crippen molar-refractivity contribution in [2.75, 3.05) is 11.1 Å². The molecular formula is C21H18ClN5O2S. The van der Waals surface area contributed by atoms with E-state index < -0.39 is 0 Å². The highest BCUT2D eigenvalue weighted by Gasteiger charge is 2.16. The van der Waals surface area contributed by atoms with E-state index in [1.54, 1.807) is 18.3 Å². The molecule has 0 radical (unpaired) electrons. The average Bonchev–Trinajstić information content (AvgIpc) is 3.10. The van der Waals surface area contributed by atoms with Crippen LogP contribution in [0.2, 0.25) is 5.15 Å². The summed E-state index contributed by atoms with van der Waals surface area (Å²) in [6, 6.07) is 12.8. The molecule has 9 heteroatoms. The number of hydrogen-bond donors (Lipinski definition) is 2. The maximum atomic E-state index is 13.2. The van der Waals surface area contributed by atoms with Crippen molar-refractivity contribution in [1.82, 2.24) is 19.5 Å². The topological polar surface area (TPSA) is 92.7 Å². The zero-order valence-corrected chi connectivity index (χ0v) is 17.8. The molecule has 0 aliphatic carbocycles. The van der Waals surface area contributed by atoms with Gasteiger partial charge in [0, 0.05) is 11.9 Å². The molecule has 0 aliphatic heterocycles. The molecule has 3 aromatic heterocycles. The van der Waals surface area contributed by atoms with Gasteiger partial charge in [0.2, 0.25) is 5.91 Å². The van der Waals surface area contributed by atoms with Crippen LogP contribution in [0.1, 0.15) is 11.3 Å². The number of rotatable bonds is 5. The number of thioether (sulfide) groups is 1. The van der Waals surface area contributed by atoms with Gasteiger partial charge in [0.1, 0.15) is 5.52 Å². The lowest BCUT2D eigenvalue weighted by Gasteiger charge is -2.12. The number of aromatic amines is 1. The van der Waals surface area contributed by atoms with Gasteiger partial charge < -0.3 is 10.3 Å². The van der Waals surface area contributed by atoms with Crippen LogP contribution < -0.4 is 10.9 Å². The number of hydrogen-bond acceptors (Lipinski definition) is 5. The molecule has 0 aliphatic rings. The Kier molecular flexibility index (Phi) is 5.61. The largest absolute Gasteiger partial charge is 0.353 e. The first kappa shape index (κ1) is 20.2. The van der Waals surface area contributed by atoms with Gasteiger partial charge in [0.25, 0.3) is 5.56 Å².